The average molecular weight is 417 g/mol. The van der Waals surface area contributed by atoms with Gasteiger partial charge in [0.25, 0.3) is 0 Å². The molecular formula is C18H56O2Si4. The zero-order valence-corrected chi connectivity index (χ0v) is 19.0. The third-order valence-electron chi connectivity index (χ3n) is 1.92. The van der Waals surface area contributed by atoms with Gasteiger partial charge in [-0.2, -0.15) is 0 Å². The van der Waals surface area contributed by atoms with Crippen molar-refractivity contribution in [3.05, 3.63) is 12.7 Å². The van der Waals surface area contributed by atoms with Crippen molar-refractivity contribution in [1.82, 2.24) is 0 Å². The van der Waals surface area contributed by atoms with E-state index in [2.05, 4.69) is 65.5 Å². The van der Waals surface area contributed by atoms with Gasteiger partial charge in [0.05, 0.1) is 0 Å². The van der Waals surface area contributed by atoms with Crippen LogP contribution in [0.1, 0.15) is 44.1 Å². The summed E-state index contributed by atoms with van der Waals surface area (Å²) in [5, 5.41) is 0. The van der Waals surface area contributed by atoms with Gasteiger partial charge in [0.2, 0.25) is 0 Å². The lowest BCUT2D eigenvalue weighted by Crippen LogP contribution is -2.46. The maximum atomic E-state index is 6.36. The predicted molar refractivity (Wildman–Crippen MR) is 134 cm³/mol. The molecule has 0 aromatic rings. The Morgan fingerprint density at radius 1 is 0.792 bits per heavy atom. The van der Waals surface area contributed by atoms with Crippen LogP contribution >= 0.6 is 0 Å². The summed E-state index contributed by atoms with van der Waals surface area (Å²) in [5.74, 6) is 0. The lowest BCUT2D eigenvalue weighted by atomic mass is 10.8. The van der Waals surface area contributed by atoms with E-state index in [0.29, 0.717) is 0 Å². The summed E-state index contributed by atoms with van der Waals surface area (Å²) >= 11 is 0. The monoisotopic (exact) mass is 416 g/mol. The summed E-state index contributed by atoms with van der Waals surface area (Å²) < 4.78 is 12.6. The Morgan fingerprint density at radius 2 is 1.08 bits per heavy atom. The van der Waals surface area contributed by atoms with Crippen molar-refractivity contribution in [2.45, 2.75) is 109 Å². The van der Waals surface area contributed by atoms with E-state index in [4.69, 9.17) is 8.23 Å². The minimum atomic E-state index is -1.48. The molecule has 0 heterocycles. The highest BCUT2D eigenvalue weighted by Crippen LogP contribution is 2.21. The highest BCUT2D eigenvalue weighted by Gasteiger charge is 2.33. The predicted octanol–water partition coefficient (Wildman–Crippen LogP) is 8.16. The smallest absolute Gasteiger partial charge is 0.172 e. The van der Waals surface area contributed by atoms with Gasteiger partial charge in [0.15, 0.2) is 34.0 Å². The van der Waals surface area contributed by atoms with Crippen LogP contribution in [0.2, 0.25) is 64.6 Å². The quantitative estimate of drug-likeness (QED) is 0.321. The molecule has 0 radical (unpaired) electrons. The number of hydrogen-bond donors (Lipinski definition) is 0. The van der Waals surface area contributed by atoms with Crippen LogP contribution < -0.4 is 0 Å². The average Bonchev–Trinajstić information content (AvgIpc) is 1.92. The van der Waals surface area contributed by atoms with Gasteiger partial charge < -0.3 is 8.23 Å². The van der Waals surface area contributed by atoms with Crippen LogP contribution in [0.5, 0.6) is 0 Å². The van der Waals surface area contributed by atoms with Crippen molar-refractivity contribution >= 4 is 34.0 Å². The van der Waals surface area contributed by atoms with Gasteiger partial charge in [0.1, 0.15) is 0 Å². The Balaban J connectivity index is -0.0000000670. The first kappa shape index (κ1) is 44.2. The van der Waals surface area contributed by atoms with Gasteiger partial charge in [-0.05, 0) is 71.5 Å². The molecule has 0 saturated heterocycles. The molecule has 0 unspecified atom stereocenters. The number of allylic oxidation sites excluding steroid dienone is 1. The Morgan fingerprint density at radius 3 is 1.29 bits per heavy atom. The van der Waals surface area contributed by atoms with Crippen molar-refractivity contribution in [2.24, 2.45) is 0 Å². The van der Waals surface area contributed by atoms with Crippen LogP contribution in [-0.4, -0.2) is 34.0 Å². The summed E-state index contributed by atoms with van der Waals surface area (Å²) in [6.07, 6.45) is 1.75. The second kappa shape index (κ2) is 18.3. The van der Waals surface area contributed by atoms with Crippen molar-refractivity contribution in [3.63, 3.8) is 0 Å². The molecule has 0 aromatic carbocycles. The van der Waals surface area contributed by atoms with Crippen molar-refractivity contribution in [2.75, 3.05) is 0 Å². The second-order valence-electron chi connectivity index (χ2n) is 7.63. The standard InChI is InChI=1S/C10H30O2Si4.C3H6.5CH4/c1-13(11-14(2,3)4)10-16(8,9)12-15(5,6)7;1-3-2;;;;;/h13H,10H2,1-9H3;3H,1H2,2H3;5*1H4/t13-;;;;;;/m0....../s1. The maximum Gasteiger partial charge on any atom is 0.172 e. The first-order valence-corrected chi connectivity index (χ1v) is 19.5. The molecule has 0 bridgehead atoms. The fourth-order valence-corrected chi connectivity index (χ4v) is 21.4. The van der Waals surface area contributed by atoms with E-state index in [-0.39, 0.29) is 37.1 Å². The molecular weight excluding hydrogens is 361 g/mol. The lowest BCUT2D eigenvalue weighted by molar-refractivity contribution is 0.542. The van der Waals surface area contributed by atoms with Gasteiger partial charge in [-0.15, -0.1) is 6.58 Å². The minimum absolute atomic E-state index is 0. The van der Waals surface area contributed by atoms with Crippen LogP contribution in [-0.2, 0) is 8.23 Å². The fraction of sp³-hybridized carbons (Fsp3) is 0.889. The molecule has 2 nitrogen and oxygen atoms in total. The van der Waals surface area contributed by atoms with E-state index < -0.39 is 34.0 Å². The largest absolute Gasteiger partial charge is 0.458 e. The highest BCUT2D eigenvalue weighted by atomic mass is 28.5. The third-order valence-corrected chi connectivity index (χ3v) is 17.2. The molecule has 0 aromatic heterocycles. The molecule has 0 saturated carbocycles. The highest BCUT2D eigenvalue weighted by molar-refractivity contribution is 6.91. The topological polar surface area (TPSA) is 18.5 Å². The Labute approximate surface area is 163 Å². The molecule has 156 valence electrons. The molecule has 0 aliphatic rings. The first-order chi connectivity index (χ1) is 8.22. The summed E-state index contributed by atoms with van der Waals surface area (Å²) in [6.45, 7) is 26.0. The van der Waals surface area contributed by atoms with Gasteiger partial charge in [0, 0.05) is 0 Å². The molecule has 6 heteroatoms. The van der Waals surface area contributed by atoms with E-state index in [1.165, 1.54) is 5.67 Å². The summed E-state index contributed by atoms with van der Waals surface area (Å²) in [6, 6.07) is 0. The molecule has 0 spiro atoms. The molecule has 0 amide bonds. The van der Waals surface area contributed by atoms with Crippen molar-refractivity contribution in [3.8, 4) is 0 Å². The molecule has 0 N–H and O–H groups in total. The Hall–Kier alpha value is 0.528. The molecule has 1 atom stereocenters. The Kier molecular flexibility index (Phi) is 33.7. The zero-order chi connectivity index (χ0) is 15.9. The van der Waals surface area contributed by atoms with Crippen LogP contribution in [0.4, 0.5) is 0 Å². The van der Waals surface area contributed by atoms with E-state index in [9.17, 15) is 0 Å². The third kappa shape index (κ3) is 38.2. The number of hydrogen-bond acceptors (Lipinski definition) is 2. The zero-order valence-electron chi connectivity index (χ0n) is 14.9. The summed E-state index contributed by atoms with van der Waals surface area (Å²) in [7, 11) is -5.22. The first-order valence-electron chi connectivity index (χ1n) is 7.17. The second-order valence-corrected chi connectivity index (χ2v) is 24.6. The molecule has 0 fully saturated rings. The summed E-state index contributed by atoms with van der Waals surface area (Å²) in [5.41, 5.74) is 1.25. The maximum absolute atomic E-state index is 6.36. The summed E-state index contributed by atoms with van der Waals surface area (Å²) in [4.78, 5) is 0. The van der Waals surface area contributed by atoms with E-state index >= 15 is 0 Å². The minimum Gasteiger partial charge on any atom is -0.458 e. The van der Waals surface area contributed by atoms with E-state index in [1.54, 1.807) is 6.08 Å². The molecule has 24 heavy (non-hydrogen) atoms. The van der Waals surface area contributed by atoms with E-state index in [0.717, 1.165) is 0 Å². The lowest BCUT2D eigenvalue weighted by Gasteiger charge is -2.34. The van der Waals surface area contributed by atoms with Gasteiger partial charge in [-0.25, -0.2) is 0 Å². The van der Waals surface area contributed by atoms with Crippen LogP contribution in [0.25, 0.3) is 0 Å². The van der Waals surface area contributed by atoms with Gasteiger partial charge in [-0.3, -0.25) is 0 Å². The van der Waals surface area contributed by atoms with Crippen molar-refractivity contribution < 1.29 is 8.23 Å². The van der Waals surface area contributed by atoms with Crippen LogP contribution in [0.15, 0.2) is 12.7 Å². The number of rotatable bonds is 6. The molecule has 0 aliphatic carbocycles. The molecule has 0 rings (SSSR count). The molecule has 0 aliphatic heterocycles. The van der Waals surface area contributed by atoms with Crippen LogP contribution in [0, 0.1) is 0 Å². The fourth-order valence-electron chi connectivity index (χ4n) is 2.21. The Bertz CT molecular complexity index is 257. The SMILES string of the molecule is C.C.C.C.C.C=CC.C[Si@@H](C[Si](C)(C)O[Si](C)(C)C)O[Si](C)(C)C. The van der Waals surface area contributed by atoms with Crippen LogP contribution in [0.3, 0.4) is 0 Å². The van der Waals surface area contributed by atoms with Gasteiger partial charge >= 0.3 is 0 Å². The van der Waals surface area contributed by atoms with E-state index in [1.807, 2.05) is 6.92 Å². The van der Waals surface area contributed by atoms with Gasteiger partial charge in [-0.1, -0.05) is 43.2 Å². The normalized spacial score (nSPS) is 11.4. The van der Waals surface area contributed by atoms with Crippen molar-refractivity contribution in [1.29, 1.82) is 0 Å².